The summed E-state index contributed by atoms with van der Waals surface area (Å²) in [6, 6.07) is 3.57. The Morgan fingerprint density at radius 3 is 2.75 bits per heavy atom. The molecule has 1 amide bonds. The minimum atomic E-state index is -0.568. The highest BCUT2D eigenvalue weighted by Gasteiger charge is 2.22. The fourth-order valence-corrected chi connectivity index (χ4v) is 3.07. The summed E-state index contributed by atoms with van der Waals surface area (Å²) in [7, 11) is 1.81. The van der Waals surface area contributed by atoms with Crippen LogP contribution in [0.15, 0.2) is 30.7 Å². The number of likely N-dealkylation sites (tertiary alicyclic amines) is 1. The zero-order valence-electron chi connectivity index (χ0n) is 13.5. The normalized spacial score (nSPS) is 18.5. The lowest BCUT2D eigenvalue weighted by molar-refractivity contribution is 0.0896. The van der Waals surface area contributed by atoms with Crippen LogP contribution < -0.4 is 5.32 Å². The van der Waals surface area contributed by atoms with Crippen LogP contribution >= 0.6 is 0 Å². The number of carbonyl (C=O) groups excluding carboxylic acids is 1. The number of amides is 1. The monoisotopic (exact) mass is 334 g/mol. The van der Waals surface area contributed by atoms with E-state index in [2.05, 4.69) is 15.2 Å². The van der Waals surface area contributed by atoms with Gasteiger partial charge in [0.25, 0.3) is 5.91 Å². The zero-order valence-corrected chi connectivity index (χ0v) is 13.5. The standard InChI is InChI=1S/C17H20F2N4O/c1-22-10-16(20-11-22)17(24)21-15-3-2-4-23(9-15)8-12-5-13(18)7-14(19)6-12/h5-7,10-11,15H,2-4,8-9H2,1H3,(H,21,24). The van der Waals surface area contributed by atoms with Gasteiger partial charge in [-0.25, -0.2) is 13.8 Å². The van der Waals surface area contributed by atoms with Gasteiger partial charge >= 0.3 is 0 Å². The molecule has 1 aliphatic rings. The second-order valence-corrected chi connectivity index (χ2v) is 6.25. The number of rotatable bonds is 4. The van der Waals surface area contributed by atoms with E-state index in [0.717, 1.165) is 25.5 Å². The van der Waals surface area contributed by atoms with Crippen LogP contribution in [-0.4, -0.2) is 39.5 Å². The number of piperidine rings is 1. The van der Waals surface area contributed by atoms with Crippen molar-refractivity contribution in [2.75, 3.05) is 13.1 Å². The van der Waals surface area contributed by atoms with Crippen LogP contribution in [0.4, 0.5) is 8.78 Å². The van der Waals surface area contributed by atoms with Crippen LogP contribution in [0.25, 0.3) is 0 Å². The first kappa shape index (κ1) is 16.6. The van der Waals surface area contributed by atoms with E-state index in [-0.39, 0.29) is 11.9 Å². The largest absolute Gasteiger partial charge is 0.347 e. The fourth-order valence-electron chi connectivity index (χ4n) is 3.07. The first-order valence-electron chi connectivity index (χ1n) is 7.96. The number of hydrogen-bond acceptors (Lipinski definition) is 3. The number of nitrogens with one attached hydrogen (secondary N) is 1. The molecular weight excluding hydrogens is 314 g/mol. The Labute approximate surface area is 139 Å². The van der Waals surface area contributed by atoms with Gasteiger partial charge in [-0.1, -0.05) is 0 Å². The summed E-state index contributed by atoms with van der Waals surface area (Å²) >= 11 is 0. The highest BCUT2D eigenvalue weighted by molar-refractivity contribution is 5.92. The van der Waals surface area contributed by atoms with Crippen LogP contribution in [0.2, 0.25) is 0 Å². The van der Waals surface area contributed by atoms with Crippen molar-refractivity contribution in [3.63, 3.8) is 0 Å². The Hall–Kier alpha value is -2.28. The summed E-state index contributed by atoms with van der Waals surface area (Å²) in [6.45, 7) is 1.95. The highest BCUT2D eigenvalue weighted by Crippen LogP contribution is 2.16. The summed E-state index contributed by atoms with van der Waals surface area (Å²) in [5, 5.41) is 2.98. The lowest BCUT2D eigenvalue weighted by Gasteiger charge is -2.33. The number of nitrogens with zero attached hydrogens (tertiary/aromatic N) is 3. The molecule has 7 heteroatoms. The predicted octanol–water partition coefficient (Wildman–Crippen LogP) is 2.09. The second-order valence-electron chi connectivity index (χ2n) is 6.25. The molecule has 1 fully saturated rings. The van der Waals surface area contributed by atoms with Gasteiger partial charge in [0.05, 0.1) is 6.33 Å². The first-order valence-corrected chi connectivity index (χ1v) is 7.96. The molecule has 1 saturated heterocycles. The lowest BCUT2D eigenvalue weighted by Crippen LogP contribution is -2.47. The molecule has 0 aliphatic carbocycles. The summed E-state index contributed by atoms with van der Waals surface area (Å²) in [5.41, 5.74) is 0.992. The second kappa shape index (κ2) is 7.09. The minimum absolute atomic E-state index is 0.00617. The van der Waals surface area contributed by atoms with Gasteiger partial charge in [-0.15, -0.1) is 0 Å². The molecule has 1 N–H and O–H groups in total. The Balaban J connectivity index is 1.58. The smallest absolute Gasteiger partial charge is 0.271 e. The van der Waals surface area contributed by atoms with Crippen LogP contribution in [-0.2, 0) is 13.6 Å². The van der Waals surface area contributed by atoms with Gasteiger partial charge in [-0.3, -0.25) is 9.69 Å². The molecule has 0 spiro atoms. The SMILES string of the molecule is Cn1cnc(C(=O)NC2CCCN(Cc3cc(F)cc(F)c3)C2)c1. The third-order valence-corrected chi connectivity index (χ3v) is 4.11. The van der Waals surface area contributed by atoms with Crippen molar-refractivity contribution in [2.45, 2.75) is 25.4 Å². The molecule has 2 heterocycles. The van der Waals surface area contributed by atoms with E-state index in [0.29, 0.717) is 24.3 Å². The predicted molar refractivity (Wildman–Crippen MR) is 85.3 cm³/mol. The Kier molecular flexibility index (Phi) is 4.89. The van der Waals surface area contributed by atoms with E-state index in [1.165, 1.54) is 12.1 Å². The molecule has 0 radical (unpaired) electrons. The maximum atomic E-state index is 13.3. The summed E-state index contributed by atoms with van der Waals surface area (Å²) in [6.07, 6.45) is 5.06. The van der Waals surface area contributed by atoms with Gasteiger partial charge in [0.1, 0.15) is 17.3 Å². The van der Waals surface area contributed by atoms with Crippen molar-refractivity contribution < 1.29 is 13.6 Å². The summed E-state index contributed by atoms with van der Waals surface area (Å²) in [4.78, 5) is 18.3. The van der Waals surface area contributed by atoms with Crippen LogP contribution in [0.3, 0.4) is 0 Å². The van der Waals surface area contributed by atoms with E-state index >= 15 is 0 Å². The number of halogens is 2. The minimum Gasteiger partial charge on any atom is -0.347 e. The molecule has 0 saturated carbocycles. The van der Waals surface area contributed by atoms with E-state index < -0.39 is 11.6 Å². The summed E-state index contributed by atoms with van der Waals surface area (Å²) < 4.78 is 28.3. The van der Waals surface area contributed by atoms with Gasteiger partial charge < -0.3 is 9.88 Å². The fraction of sp³-hybridized carbons (Fsp3) is 0.412. The molecule has 1 unspecified atom stereocenters. The zero-order chi connectivity index (χ0) is 17.1. The average molecular weight is 334 g/mol. The molecule has 1 atom stereocenters. The number of aryl methyl sites for hydroxylation is 1. The molecule has 1 aromatic heterocycles. The van der Waals surface area contributed by atoms with E-state index in [1.54, 1.807) is 17.1 Å². The summed E-state index contributed by atoms with van der Waals surface area (Å²) in [5.74, 6) is -1.33. The van der Waals surface area contributed by atoms with Gasteiger partial charge in [0.2, 0.25) is 0 Å². The average Bonchev–Trinajstić information content (AvgIpc) is 2.93. The number of benzene rings is 1. The van der Waals surface area contributed by atoms with Crippen molar-refractivity contribution in [1.29, 1.82) is 0 Å². The molecule has 1 aromatic carbocycles. The van der Waals surface area contributed by atoms with Gasteiger partial charge in [0.15, 0.2) is 0 Å². The first-order chi connectivity index (χ1) is 11.5. The van der Waals surface area contributed by atoms with Crippen LogP contribution in [0.1, 0.15) is 28.9 Å². The van der Waals surface area contributed by atoms with Crippen LogP contribution in [0, 0.1) is 11.6 Å². The third-order valence-electron chi connectivity index (χ3n) is 4.11. The maximum absolute atomic E-state index is 13.3. The molecule has 24 heavy (non-hydrogen) atoms. The maximum Gasteiger partial charge on any atom is 0.271 e. The van der Waals surface area contributed by atoms with Gasteiger partial charge in [-0.05, 0) is 37.1 Å². The highest BCUT2D eigenvalue weighted by atomic mass is 19.1. The van der Waals surface area contributed by atoms with Crippen molar-refractivity contribution in [1.82, 2.24) is 19.8 Å². The molecular formula is C17H20F2N4O. The van der Waals surface area contributed by atoms with E-state index in [1.807, 2.05) is 7.05 Å². The lowest BCUT2D eigenvalue weighted by atomic mass is 10.0. The Bertz CT molecular complexity index is 711. The van der Waals surface area contributed by atoms with Gasteiger partial charge in [-0.2, -0.15) is 0 Å². The number of carbonyl (C=O) groups is 1. The number of aromatic nitrogens is 2. The number of hydrogen-bond donors (Lipinski definition) is 1. The van der Waals surface area contributed by atoms with Crippen molar-refractivity contribution >= 4 is 5.91 Å². The molecule has 5 nitrogen and oxygen atoms in total. The van der Waals surface area contributed by atoms with E-state index in [9.17, 15) is 13.6 Å². The molecule has 1 aliphatic heterocycles. The molecule has 3 rings (SSSR count). The molecule has 0 bridgehead atoms. The Morgan fingerprint density at radius 1 is 1.33 bits per heavy atom. The van der Waals surface area contributed by atoms with Crippen LogP contribution in [0.5, 0.6) is 0 Å². The molecule has 2 aromatic rings. The third kappa shape index (κ3) is 4.17. The number of imidazole rings is 1. The molecule has 128 valence electrons. The topological polar surface area (TPSA) is 50.2 Å². The quantitative estimate of drug-likeness (QED) is 0.931. The Morgan fingerprint density at radius 2 is 2.08 bits per heavy atom. The van der Waals surface area contributed by atoms with Crippen molar-refractivity contribution in [3.05, 3.63) is 53.6 Å². The van der Waals surface area contributed by atoms with E-state index in [4.69, 9.17) is 0 Å². The van der Waals surface area contributed by atoms with Gasteiger partial charge in [0, 0.05) is 38.4 Å². The van der Waals surface area contributed by atoms with Crippen molar-refractivity contribution in [3.8, 4) is 0 Å². The van der Waals surface area contributed by atoms with Crippen molar-refractivity contribution in [2.24, 2.45) is 7.05 Å².